The quantitative estimate of drug-likeness (QED) is 0.701. The molecule has 2 rings (SSSR count). The van der Waals surface area contributed by atoms with E-state index in [2.05, 4.69) is 0 Å². The van der Waals surface area contributed by atoms with E-state index < -0.39 is 23.2 Å². The van der Waals surface area contributed by atoms with Gasteiger partial charge in [0.15, 0.2) is 5.78 Å². The van der Waals surface area contributed by atoms with Gasteiger partial charge >= 0.3 is 0 Å². The Kier molecular flexibility index (Phi) is 2.73. The van der Waals surface area contributed by atoms with Gasteiger partial charge in [0.05, 0.1) is 6.10 Å². The van der Waals surface area contributed by atoms with Crippen LogP contribution in [0.15, 0.2) is 11.6 Å². The Morgan fingerprint density at radius 3 is 2.53 bits per heavy atom. The minimum Gasteiger partial charge on any atom is -0.391 e. The van der Waals surface area contributed by atoms with Crippen LogP contribution in [0.5, 0.6) is 0 Å². The summed E-state index contributed by atoms with van der Waals surface area (Å²) in [5, 5.41) is 20.4. The van der Waals surface area contributed by atoms with Crippen LogP contribution in [0, 0.1) is 5.41 Å². The number of aliphatic hydroxyl groups excluding tert-OH is 1. The Morgan fingerprint density at radius 2 is 2.12 bits per heavy atom. The summed E-state index contributed by atoms with van der Waals surface area (Å²) in [6, 6.07) is 0. The molecule has 4 nitrogen and oxygen atoms in total. The van der Waals surface area contributed by atoms with Crippen LogP contribution in [0.1, 0.15) is 34.1 Å². The van der Waals surface area contributed by atoms with Crippen molar-refractivity contribution in [3.63, 3.8) is 0 Å². The molecule has 4 atom stereocenters. The minimum absolute atomic E-state index is 0.0337. The zero-order chi connectivity index (χ0) is 13.0. The molecule has 1 heterocycles. The van der Waals surface area contributed by atoms with Crippen molar-refractivity contribution in [2.75, 3.05) is 0 Å². The van der Waals surface area contributed by atoms with Gasteiger partial charge in [0.1, 0.15) is 17.8 Å². The van der Waals surface area contributed by atoms with Crippen LogP contribution in [-0.2, 0) is 9.53 Å². The highest BCUT2D eigenvalue weighted by molar-refractivity contribution is 5.92. The van der Waals surface area contributed by atoms with Gasteiger partial charge in [-0.2, -0.15) is 0 Å². The summed E-state index contributed by atoms with van der Waals surface area (Å²) < 4.78 is 5.41. The van der Waals surface area contributed by atoms with Crippen LogP contribution in [0.3, 0.4) is 0 Å². The normalized spacial score (nSPS) is 42.0. The molecule has 17 heavy (non-hydrogen) atoms. The summed E-state index contributed by atoms with van der Waals surface area (Å²) in [4.78, 5) is 11.6. The molecule has 1 aliphatic heterocycles. The van der Waals surface area contributed by atoms with Gasteiger partial charge in [-0.25, -0.2) is 0 Å². The lowest BCUT2D eigenvalue weighted by Gasteiger charge is -2.45. The van der Waals surface area contributed by atoms with Gasteiger partial charge in [0.2, 0.25) is 0 Å². The number of rotatable bonds is 2. The maximum atomic E-state index is 11.6. The molecule has 2 N–H and O–H groups in total. The predicted molar refractivity (Wildman–Crippen MR) is 62.5 cm³/mol. The smallest absolute Gasteiger partial charge is 0.156 e. The summed E-state index contributed by atoms with van der Waals surface area (Å²) in [5.74, 6) is 0.0337. The zero-order valence-corrected chi connectivity index (χ0v) is 10.7. The van der Waals surface area contributed by atoms with Crippen molar-refractivity contribution in [1.82, 2.24) is 0 Å². The third-order valence-electron chi connectivity index (χ3n) is 4.04. The number of hydrogen-bond acceptors (Lipinski definition) is 4. The third kappa shape index (κ3) is 1.75. The van der Waals surface area contributed by atoms with E-state index in [1.54, 1.807) is 13.8 Å². The number of ether oxygens (including phenoxy) is 1. The Hall–Kier alpha value is -0.710. The van der Waals surface area contributed by atoms with Gasteiger partial charge in [-0.15, -0.1) is 0 Å². The van der Waals surface area contributed by atoms with Crippen molar-refractivity contribution in [2.45, 2.75) is 58.0 Å². The van der Waals surface area contributed by atoms with Crippen LogP contribution in [0.25, 0.3) is 0 Å². The first-order valence-electron chi connectivity index (χ1n) is 5.97. The molecule has 0 amide bonds. The van der Waals surface area contributed by atoms with Gasteiger partial charge < -0.3 is 14.9 Å². The Morgan fingerprint density at radius 1 is 1.53 bits per heavy atom. The molecule has 0 bridgehead atoms. The van der Waals surface area contributed by atoms with E-state index in [4.69, 9.17) is 4.74 Å². The fraction of sp³-hybridized carbons (Fsp3) is 0.769. The topological polar surface area (TPSA) is 70.1 Å². The molecule has 0 spiro atoms. The van der Waals surface area contributed by atoms with Crippen LogP contribution >= 0.6 is 0 Å². The van der Waals surface area contributed by atoms with E-state index in [1.807, 2.05) is 13.8 Å². The highest BCUT2D eigenvalue weighted by atomic mass is 16.6. The number of carbonyl (C=O) groups is 1. The van der Waals surface area contributed by atoms with Gasteiger partial charge in [0, 0.05) is 11.8 Å². The van der Waals surface area contributed by atoms with Crippen LogP contribution in [0.2, 0.25) is 0 Å². The molecule has 96 valence electrons. The first kappa shape index (κ1) is 12.7. The average Bonchev–Trinajstić information content (AvgIpc) is 2.92. The molecular formula is C13H20O4. The average molecular weight is 240 g/mol. The number of hydrogen-bond donors (Lipinski definition) is 2. The van der Waals surface area contributed by atoms with Gasteiger partial charge in [0.25, 0.3) is 0 Å². The molecule has 4 unspecified atom stereocenters. The molecule has 2 aliphatic rings. The molecule has 1 fully saturated rings. The van der Waals surface area contributed by atoms with E-state index >= 15 is 0 Å². The highest BCUT2D eigenvalue weighted by Gasteiger charge is 2.64. The molecule has 1 saturated heterocycles. The van der Waals surface area contributed by atoms with Crippen molar-refractivity contribution in [3.8, 4) is 0 Å². The molecule has 0 radical (unpaired) electrons. The van der Waals surface area contributed by atoms with E-state index in [1.165, 1.54) is 6.08 Å². The molecule has 4 heteroatoms. The fourth-order valence-electron chi connectivity index (χ4n) is 2.94. The minimum atomic E-state index is -1.16. The lowest BCUT2D eigenvalue weighted by Crippen LogP contribution is -2.54. The second-order valence-corrected chi connectivity index (χ2v) is 5.88. The van der Waals surface area contributed by atoms with Crippen molar-refractivity contribution in [2.24, 2.45) is 5.41 Å². The van der Waals surface area contributed by atoms with Crippen LogP contribution in [0.4, 0.5) is 0 Å². The second-order valence-electron chi connectivity index (χ2n) is 5.88. The lowest BCUT2D eigenvalue weighted by atomic mass is 9.62. The highest BCUT2D eigenvalue weighted by Crippen LogP contribution is 2.52. The molecule has 1 aliphatic carbocycles. The van der Waals surface area contributed by atoms with E-state index in [0.717, 1.165) is 0 Å². The summed E-state index contributed by atoms with van der Waals surface area (Å²) in [6.45, 7) is 7.12. The predicted octanol–water partition coefficient (Wildman–Crippen LogP) is 0.811. The van der Waals surface area contributed by atoms with Gasteiger partial charge in [-0.05, 0) is 25.5 Å². The van der Waals surface area contributed by atoms with E-state index in [9.17, 15) is 15.0 Å². The number of epoxide rings is 1. The van der Waals surface area contributed by atoms with Crippen molar-refractivity contribution < 1.29 is 19.7 Å². The number of aliphatic hydroxyl groups is 2. The van der Waals surface area contributed by atoms with Crippen molar-refractivity contribution in [3.05, 3.63) is 11.6 Å². The number of carbonyl (C=O) groups excluding carboxylic acids is 1. The lowest BCUT2D eigenvalue weighted by molar-refractivity contribution is -0.125. The maximum absolute atomic E-state index is 11.6. The van der Waals surface area contributed by atoms with Crippen molar-refractivity contribution >= 4 is 5.78 Å². The molecule has 0 saturated carbocycles. The summed E-state index contributed by atoms with van der Waals surface area (Å²) in [5.41, 5.74) is -1.10. The Balaban J connectivity index is 2.35. The molecule has 0 aromatic rings. The monoisotopic (exact) mass is 240 g/mol. The summed E-state index contributed by atoms with van der Waals surface area (Å²) >= 11 is 0. The van der Waals surface area contributed by atoms with E-state index in [0.29, 0.717) is 12.0 Å². The maximum Gasteiger partial charge on any atom is 0.156 e. The first-order valence-corrected chi connectivity index (χ1v) is 5.97. The zero-order valence-electron chi connectivity index (χ0n) is 10.7. The SMILES string of the molecule is CC1=CC(=O)CC(C)(C)C1(O)C1OC1C(C)O. The van der Waals surface area contributed by atoms with Gasteiger partial charge in [-0.3, -0.25) is 4.79 Å². The molecule has 0 aromatic carbocycles. The van der Waals surface area contributed by atoms with Crippen molar-refractivity contribution in [1.29, 1.82) is 0 Å². The van der Waals surface area contributed by atoms with E-state index in [-0.39, 0.29) is 11.9 Å². The standard InChI is InChI=1S/C13H20O4/c1-7-5-9(15)6-12(3,4)13(7,16)11-10(17-11)8(2)14/h5,8,10-11,14,16H,6H2,1-4H3. The third-order valence-corrected chi connectivity index (χ3v) is 4.04. The summed E-state index contributed by atoms with van der Waals surface area (Å²) in [6.07, 6.45) is 0.433. The van der Waals surface area contributed by atoms with Gasteiger partial charge in [-0.1, -0.05) is 13.8 Å². The molecular weight excluding hydrogens is 220 g/mol. The Labute approximate surface area is 101 Å². The summed E-state index contributed by atoms with van der Waals surface area (Å²) in [7, 11) is 0. The van der Waals surface area contributed by atoms with Crippen LogP contribution < -0.4 is 0 Å². The van der Waals surface area contributed by atoms with Crippen LogP contribution in [-0.4, -0.2) is 39.9 Å². The number of allylic oxidation sites excluding steroid dienone is 1. The first-order chi connectivity index (χ1) is 7.70. The largest absolute Gasteiger partial charge is 0.391 e. The number of ketones is 1. The fourth-order valence-corrected chi connectivity index (χ4v) is 2.94. The second kappa shape index (κ2) is 3.64. The Bertz CT molecular complexity index is 383. The molecule has 0 aromatic heterocycles.